The molecule has 6 nitrogen and oxygen atoms in total. The molecule has 0 radical (unpaired) electrons. The molecule has 0 spiro atoms. The van der Waals surface area contributed by atoms with Crippen molar-refractivity contribution in [3.8, 4) is 11.5 Å². The van der Waals surface area contributed by atoms with E-state index in [0.29, 0.717) is 22.4 Å². The smallest absolute Gasteiger partial charge is 0.146 e. The molecule has 1 aliphatic heterocycles. The maximum atomic E-state index is 6.49. The highest BCUT2D eigenvalue weighted by Crippen LogP contribution is 2.41. The van der Waals surface area contributed by atoms with Crippen LogP contribution in [0.3, 0.4) is 0 Å². The molecule has 0 aliphatic carbocycles. The van der Waals surface area contributed by atoms with E-state index in [4.69, 9.17) is 16.3 Å². The number of nitrogens with zero attached hydrogens (tertiary/aromatic N) is 3. The van der Waals surface area contributed by atoms with Gasteiger partial charge in [-0.25, -0.2) is 9.97 Å². The largest absolute Gasteiger partial charge is 0.454 e. The highest BCUT2D eigenvalue weighted by molar-refractivity contribution is 7.19. The van der Waals surface area contributed by atoms with E-state index < -0.39 is 0 Å². The molecule has 0 saturated carbocycles. The average Bonchev–Trinajstić information content (AvgIpc) is 3.12. The Morgan fingerprint density at radius 3 is 2.90 bits per heavy atom. The second-order valence-electron chi connectivity index (χ2n) is 7.38. The number of aromatic nitrogens is 3. The molecule has 4 aromatic rings. The molecule has 0 amide bonds. The van der Waals surface area contributed by atoms with E-state index in [1.54, 1.807) is 23.9 Å². The Hall–Kier alpha value is -2.74. The Labute approximate surface area is 183 Å². The van der Waals surface area contributed by atoms with Crippen LogP contribution in [0.5, 0.6) is 11.5 Å². The number of pyridine rings is 1. The number of anilines is 2. The number of nitrogens with one attached hydrogen (secondary N) is 2. The van der Waals surface area contributed by atoms with Gasteiger partial charge in [-0.1, -0.05) is 18.5 Å². The van der Waals surface area contributed by atoms with Gasteiger partial charge in [0.05, 0.1) is 16.6 Å². The third-order valence-corrected chi connectivity index (χ3v) is 6.55. The monoisotopic (exact) mass is 437 g/mol. The van der Waals surface area contributed by atoms with Crippen molar-refractivity contribution in [1.29, 1.82) is 0 Å². The first-order valence-corrected chi connectivity index (χ1v) is 10.9. The van der Waals surface area contributed by atoms with Crippen LogP contribution >= 0.6 is 22.9 Å². The lowest BCUT2D eigenvalue weighted by molar-refractivity contribution is 0.480. The number of hydrogen-bond acceptors (Lipinski definition) is 7. The van der Waals surface area contributed by atoms with Crippen molar-refractivity contribution in [2.45, 2.75) is 26.3 Å². The minimum absolute atomic E-state index is 0.413. The first kappa shape index (κ1) is 19.2. The lowest BCUT2D eigenvalue weighted by Gasteiger charge is -2.20. The van der Waals surface area contributed by atoms with Crippen molar-refractivity contribution < 1.29 is 4.74 Å². The summed E-state index contributed by atoms with van der Waals surface area (Å²) in [6.45, 7) is 6.00. The van der Waals surface area contributed by atoms with E-state index in [1.807, 2.05) is 37.3 Å². The molecule has 2 N–H and O–H groups in total. The third-order valence-electron chi connectivity index (χ3n) is 5.14. The summed E-state index contributed by atoms with van der Waals surface area (Å²) < 4.78 is 5.86. The second kappa shape index (κ2) is 7.83. The lowest BCUT2D eigenvalue weighted by Crippen LogP contribution is -2.25. The zero-order chi connectivity index (χ0) is 20.7. The average molecular weight is 438 g/mol. The highest BCUT2D eigenvalue weighted by atomic mass is 35.5. The fourth-order valence-electron chi connectivity index (χ4n) is 3.69. The Morgan fingerprint density at radius 2 is 2.10 bits per heavy atom. The minimum Gasteiger partial charge on any atom is -0.454 e. The Morgan fingerprint density at radius 1 is 1.20 bits per heavy atom. The molecule has 152 valence electrons. The molecule has 3 aromatic heterocycles. The van der Waals surface area contributed by atoms with Gasteiger partial charge in [-0.15, -0.1) is 11.3 Å². The Balaban J connectivity index is 1.45. The van der Waals surface area contributed by atoms with Gasteiger partial charge < -0.3 is 15.4 Å². The number of rotatable bonds is 4. The van der Waals surface area contributed by atoms with Crippen LogP contribution in [0.4, 0.5) is 11.5 Å². The molecule has 4 heterocycles. The van der Waals surface area contributed by atoms with E-state index in [0.717, 1.165) is 40.5 Å². The van der Waals surface area contributed by atoms with Crippen LogP contribution in [0.2, 0.25) is 5.02 Å². The zero-order valence-corrected chi connectivity index (χ0v) is 18.1. The molecule has 8 heteroatoms. The van der Waals surface area contributed by atoms with E-state index >= 15 is 0 Å². The molecule has 0 fully saturated rings. The van der Waals surface area contributed by atoms with Gasteiger partial charge in [0.1, 0.15) is 28.5 Å². The normalized spacial score (nSPS) is 15.8. The Bertz CT molecular complexity index is 1220. The molecular formula is C22H20ClN5OS. The predicted octanol–water partition coefficient (Wildman–Crippen LogP) is 5.79. The van der Waals surface area contributed by atoms with Gasteiger partial charge in [-0.3, -0.25) is 4.98 Å². The van der Waals surface area contributed by atoms with Gasteiger partial charge in [0.25, 0.3) is 0 Å². The van der Waals surface area contributed by atoms with Gasteiger partial charge >= 0.3 is 0 Å². The minimum atomic E-state index is 0.413. The van der Waals surface area contributed by atoms with E-state index in [2.05, 4.69) is 32.5 Å². The van der Waals surface area contributed by atoms with Gasteiger partial charge in [-0.05, 0) is 48.7 Å². The Kier molecular flexibility index (Phi) is 5.02. The van der Waals surface area contributed by atoms with Crippen LogP contribution in [-0.4, -0.2) is 21.5 Å². The third kappa shape index (κ3) is 3.60. The van der Waals surface area contributed by atoms with Crippen LogP contribution in [0.15, 0.2) is 42.9 Å². The molecule has 30 heavy (non-hydrogen) atoms. The summed E-state index contributed by atoms with van der Waals surface area (Å²) in [4.78, 5) is 15.6. The predicted molar refractivity (Wildman–Crippen MR) is 121 cm³/mol. The number of aryl methyl sites for hydroxylation is 1. The second-order valence-corrected chi connectivity index (χ2v) is 8.87. The standard InChI is InChI=1S/C22H20ClN5OS/c1-12-8-24-10-18-19(12)20-21(26-11-27-22(20)30-18)28-14-4-6-17(16(23)7-14)29-15-5-3-13(2)25-9-15/h3-7,9,11-12,24H,8,10H2,1-2H3,(H,26,27,28). The summed E-state index contributed by atoms with van der Waals surface area (Å²) in [7, 11) is 0. The van der Waals surface area contributed by atoms with Crippen LogP contribution in [-0.2, 0) is 6.54 Å². The van der Waals surface area contributed by atoms with E-state index in [1.165, 1.54) is 10.4 Å². The van der Waals surface area contributed by atoms with E-state index in [9.17, 15) is 0 Å². The van der Waals surface area contributed by atoms with Crippen molar-refractivity contribution in [3.63, 3.8) is 0 Å². The number of halogens is 1. The van der Waals surface area contributed by atoms with Crippen molar-refractivity contribution in [1.82, 2.24) is 20.3 Å². The first-order chi connectivity index (χ1) is 14.6. The van der Waals surface area contributed by atoms with Crippen molar-refractivity contribution in [2.75, 3.05) is 11.9 Å². The number of fused-ring (bicyclic) bond motifs is 3. The van der Waals surface area contributed by atoms with Gasteiger partial charge in [0.2, 0.25) is 0 Å². The van der Waals surface area contributed by atoms with Crippen molar-refractivity contribution >= 4 is 44.7 Å². The molecule has 0 saturated heterocycles. The van der Waals surface area contributed by atoms with Crippen LogP contribution in [0, 0.1) is 6.92 Å². The highest BCUT2D eigenvalue weighted by Gasteiger charge is 2.24. The van der Waals surface area contributed by atoms with Gasteiger partial charge in [0, 0.05) is 29.3 Å². The SMILES string of the molecule is Cc1ccc(Oc2ccc(Nc3ncnc4sc5c(c34)C(C)CNC5)cc2Cl)cn1. The van der Waals surface area contributed by atoms with E-state index in [-0.39, 0.29) is 0 Å². The first-order valence-electron chi connectivity index (χ1n) is 9.72. The summed E-state index contributed by atoms with van der Waals surface area (Å²) >= 11 is 8.22. The van der Waals surface area contributed by atoms with Gasteiger partial charge in [0.15, 0.2) is 0 Å². The van der Waals surface area contributed by atoms with Crippen LogP contribution < -0.4 is 15.4 Å². The van der Waals surface area contributed by atoms with Crippen LogP contribution in [0.25, 0.3) is 10.2 Å². The summed E-state index contributed by atoms with van der Waals surface area (Å²) in [5.74, 6) is 2.44. The fraction of sp³-hybridized carbons (Fsp3) is 0.227. The summed E-state index contributed by atoms with van der Waals surface area (Å²) in [6.07, 6.45) is 3.29. The maximum absolute atomic E-state index is 6.49. The molecular weight excluding hydrogens is 418 g/mol. The molecule has 5 rings (SSSR count). The number of hydrogen-bond donors (Lipinski definition) is 2. The summed E-state index contributed by atoms with van der Waals surface area (Å²) in [6, 6.07) is 9.39. The molecule has 0 bridgehead atoms. The molecule has 1 aromatic carbocycles. The topological polar surface area (TPSA) is 72.0 Å². The number of benzene rings is 1. The number of ether oxygens (including phenoxy) is 1. The van der Waals surface area contributed by atoms with Crippen LogP contribution in [0.1, 0.15) is 29.0 Å². The maximum Gasteiger partial charge on any atom is 0.146 e. The summed E-state index contributed by atoms with van der Waals surface area (Å²) in [5.41, 5.74) is 3.12. The quantitative estimate of drug-likeness (QED) is 0.421. The lowest BCUT2D eigenvalue weighted by atomic mass is 9.96. The van der Waals surface area contributed by atoms with Crippen molar-refractivity contribution in [3.05, 3.63) is 64.0 Å². The zero-order valence-electron chi connectivity index (χ0n) is 16.6. The van der Waals surface area contributed by atoms with Gasteiger partial charge in [-0.2, -0.15) is 0 Å². The molecule has 1 aliphatic rings. The van der Waals surface area contributed by atoms with Crippen molar-refractivity contribution in [2.24, 2.45) is 0 Å². The summed E-state index contributed by atoms with van der Waals surface area (Å²) in [5, 5.41) is 8.50. The molecule has 1 unspecified atom stereocenters. The number of thiophene rings is 1. The fourth-order valence-corrected chi connectivity index (χ4v) is 5.14. The molecule has 1 atom stereocenters.